The highest BCUT2D eigenvalue weighted by molar-refractivity contribution is 9.10. The van der Waals surface area contributed by atoms with Crippen molar-refractivity contribution in [3.8, 4) is 0 Å². The zero-order chi connectivity index (χ0) is 17.4. The van der Waals surface area contributed by atoms with Crippen LogP contribution in [0.5, 0.6) is 0 Å². The lowest BCUT2D eigenvalue weighted by Gasteiger charge is -2.07. The smallest absolute Gasteiger partial charge is 0.251 e. The lowest BCUT2D eigenvalue weighted by atomic mass is 10.2. The van der Waals surface area contributed by atoms with E-state index in [-0.39, 0.29) is 11.8 Å². The number of halogens is 2. The molecule has 126 valence electrons. The van der Waals surface area contributed by atoms with E-state index in [1.54, 1.807) is 24.3 Å². The summed E-state index contributed by atoms with van der Waals surface area (Å²) >= 11 is 6.69. The Morgan fingerprint density at radius 1 is 0.750 bits per heavy atom. The van der Waals surface area contributed by atoms with Gasteiger partial charge in [-0.2, -0.15) is 0 Å². The van der Waals surface area contributed by atoms with Crippen molar-refractivity contribution >= 4 is 43.7 Å². The first-order valence-electron chi connectivity index (χ1n) is 7.64. The molecule has 0 aliphatic rings. The van der Waals surface area contributed by atoms with Crippen LogP contribution >= 0.6 is 31.9 Å². The van der Waals surface area contributed by atoms with E-state index >= 15 is 0 Å². The molecule has 0 radical (unpaired) electrons. The number of nitrogens with one attached hydrogen (secondary N) is 2. The van der Waals surface area contributed by atoms with Gasteiger partial charge >= 0.3 is 0 Å². The fourth-order valence-electron chi connectivity index (χ4n) is 2.12. The van der Waals surface area contributed by atoms with Crippen molar-refractivity contribution in [3.05, 3.63) is 68.6 Å². The lowest BCUT2D eigenvalue weighted by molar-refractivity contribution is 0.0939. The van der Waals surface area contributed by atoms with Crippen LogP contribution in [-0.4, -0.2) is 24.9 Å². The van der Waals surface area contributed by atoms with Crippen molar-refractivity contribution < 1.29 is 9.59 Å². The van der Waals surface area contributed by atoms with Crippen LogP contribution in [0.3, 0.4) is 0 Å². The van der Waals surface area contributed by atoms with E-state index in [0.717, 1.165) is 21.8 Å². The van der Waals surface area contributed by atoms with Crippen molar-refractivity contribution in [1.29, 1.82) is 0 Å². The van der Waals surface area contributed by atoms with Crippen molar-refractivity contribution in [3.63, 3.8) is 0 Å². The predicted molar refractivity (Wildman–Crippen MR) is 102 cm³/mol. The molecule has 2 N–H and O–H groups in total. The Kier molecular flexibility index (Phi) is 7.46. The van der Waals surface area contributed by atoms with Gasteiger partial charge in [-0.05, 0) is 49.2 Å². The summed E-state index contributed by atoms with van der Waals surface area (Å²) in [5.74, 6) is -0.177. The summed E-state index contributed by atoms with van der Waals surface area (Å²) in [4.78, 5) is 23.9. The summed E-state index contributed by atoms with van der Waals surface area (Å²) in [6.45, 7) is 1.16. The summed E-state index contributed by atoms with van der Waals surface area (Å²) in [6, 6.07) is 14.5. The zero-order valence-electron chi connectivity index (χ0n) is 13.0. The number of carbonyl (C=O) groups excluding carboxylic acids is 2. The van der Waals surface area contributed by atoms with E-state index in [0.29, 0.717) is 24.2 Å². The maximum atomic E-state index is 11.9. The summed E-state index contributed by atoms with van der Waals surface area (Å²) in [6.07, 6.45) is 1.61. The van der Waals surface area contributed by atoms with Gasteiger partial charge < -0.3 is 10.6 Å². The van der Waals surface area contributed by atoms with Crippen LogP contribution in [-0.2, 0) is 0 Å². The molecule has 0 spiro atoms. The van der Waals surface area contributed by atoms with Gasteiger partial charge in [0, 0.05) is 33.2 Å². The highest BCUT2D eigenvalue weighted by Crippen LogP contribution is 2.12. The molecule has 2 rings (SSSR count). The van der Waals surface area contributed by atoms with Gasteiger partial charge in [-0.25, -0.2) is 0 Å². The van der Waals surface area contributed by atoms with E-state index in [2.05, 4.69) is 42.5 Å². The Morgan fingerprint density at radius 2 is 1.17 bits per heavy atom. The fourth-order valence-corrected chi connectivity index (χ4v) is 2.92. The standard InChI is InChI=1S/C18H18Br2N2O2/c19-15-7-3-5-13(11-15)17(23)21-9-1-2-10-22-18(24)14-6-4-8-16(20)12-14/h3-8,11-12H,1-2,9-10H2,(H,21,23)(H,22,24). The molecule has 0 saturated carbocycles. The molecule has 0 unspecified atom stereocenters. The zero-order valence-corrected chi connectivity index (χ0v) is 16.2. The molecule has 0 heterocycles. The first-order chi connectivity index (χ1) is 11.6. The summed E-state index contributed by atoms with van der Waals surface area (Å²) in [5.41, 5.74) is 1.26. The third kappa shape index (κ3) is 6.09. The molecular formula is C18H18Br2N2O2. The van der Waals surface area contributed by atoms with E-state index < -0.39 is 0 Å². The first kappa shape index (κ1) is 18.7. The molecule has 0 fully saturated rings. The molecular weight excluding hydrogens is 436 g/mol. The number of rotatable bonds is 7. The van der Waals surface area contributed by atoms with Crippen molar-refractivity contribution in [1.82, 2.24) is 10.6 Å². The minimum Gasteiger partial charge on any atom is -0.352 e. The Bertz CT molecular complexity index is 658. The van der Waals surface area contributed by atoms with Crippen LogP contribution in [0.2, 0.25) is 0 Å². The lowest BCUT2D eigenvalue weighted by Crippen LogP contribution is -2.27. The molecule has 0 bridgehead atoms. The number of amides is 2. The molecule has 0 saturated heterocycles. The third-order valence-corrected chi connectivity index (χ3v) is 4.33. The van der Waals surface area contributed by atoms with E-state index in [9.17, 15) is 9.59 Å². The molecule has 0 aliphatic heterocycles. The van der Waals surface area contributed by atoms with Gasteiger partial charge in [0.15, 0.2) is 0 Å². The van der Waals surface area contributed by atoms with Crippen LogP contribution in [0.1, 0.15) is 33.6 Å². The molecule has 2 amide bonds. The van der Waals surface area contributed by atoms with Crippen LogP contribution in [0.15, 0.2) is 57.5 Å². The minimum atomic E-state index is -0.0885. The van der Waals surface area contributed by atoms with Gasteiger partial charge in [0.25, 0.3) is 11.8 Å². The van der Waals surface area contributed by atoms with Gasteiger partial charge in [-0.15, -0.1) is 0 Å². The first-order valence-corrected chi connectivity index (χ1v) is 9.22. The molecule has 2 aromatic rings. The van der Waals surface area contributed by atoms with Crippen LogP contribution in [0.4, 0.5) is 0 Å². The maximum Gasteiger partial charge on any atom is 0.251 e. The Hall–Kier alpha value is -1.66. The maximum absolute atomic E-state index is 11.9. The van der Waals surface area contributed by atoms with Gasteiger partial charge in [0.2, 0.25) is 0 Å². The Balaban J connectivity index is 1.63. The van der Waals surface area contributed by atoms with Crippen LogP contribution in [0, 0.1) is 0 Å². The Morgan fingerprint density at radius 3 is 1.54 bits per heavy atom. The number of hydrogen-bond donors (Lipinski definition) is 2. The fraction of sp³-hybridized carbons (Fsp3) is 0.222. The average molecular weight is 454 g/mol. The summed E-state index contributed by atoms with van der Waals surface area (Å²) in [5, 5.41) is 5.75. The second-order valence-corrected chi connectivity index (χ2v) is 7.07. The largest absolute Gasteiger partial charge is 0.352 e. The second kappa shape index (κ2) is 9.59. The second-order valence-electron chi connectivity index (χ2n) is 5.24. The number of benzene rings is 2. The van der Waals surface area contributed by atoms with E-state index in [1.165, 1.54) is 0 Å². The third-order valence-electron chi connectivity index (χ3n) is 3.35. The normalized spacial score (nSPS) is 10.2. The van der Waals surface area contributed by atoms with Crippen LogP contribution < -0.4 is 10.6 Å². The van der Waals surface area contributed by atoms with E-state index in [1.807, 2.05) is 24.3 Å². The number of hydrogen-bond acceptors (Lipinski definition) is 2. The highest BCUT2D eigenvalue weighted by atomic mass is 79.9. The number of unbranched alkanes of at least 4 members (excludes halogenated alkanes) is 1. The quantitative estimate of drug-likeness (QED) is 0.618. The van der Waals surface area contributed by atoms with Gasteiger partial charge in [0.1, 0.15) is 0 Å². The topological polar surface area (TPSA) is 58.2 Å². The molecule has 2 aromatic carbocycles. The monoisotopic (exact) mass is 452 g/mol. The summed E-state index contributed by atoms with van der Waals surface area (Å²) < 4.78 is 1.76. The van der Waals surface area contributed by atoms with E-state index in [4.69, 9.17) is 0 Å². The van der Waals surface area contributed by atoms with Crippen molar-refractivity contribution in [2.24, 2.45) is 0 Å². The summed E-state index contributed by atoms with van der Waals surface area (Å²) in [7, 11) is 0. The molecule has 4 nitrogen and oxygen atoms in total. The minimum absolute atomic E-state index is 0.0885. The molecule has 0 aliphatic carbocycles. The highest BCUT2D eigenvalue weighted by Gasteiger charge is 2.06. The molecule has 0 atom stereocenters. The average Bonchev–Trinajstić information content (AvgIpc) is 2.57. The number of carbonyl (C=O) groups is 2. The van der Waals surface area contributed by atoms with Crippen LogP contribution in [0.25, 0.3) is 0 Å². The molecule has 0 aromatic heterocycles. The van der Waals surface area contributed by atoms with Crippen molar-refractivity contribution in [2.75, 3.05) is 13.1 Å². The van der Waals surface area contributed by atoms with Gasteiger partial charge in [-0.3, -0.25) is 9.59 Å². The van der Waals surface area contributed by atoms with Gasteiger partial charge in [-0.1, -0.05) is 44.0 Å². The molecule has 24 heavy (non-hydrogen) atoms. The van der Waals surface area contributed by atoms with Crippen molar-refractivity contribution in [2.45, 2.75) is 12.8 Å². The SMILES string of the molecule is O=C(NCCCCNC(=O)c1cccc(Br)c1)c1cccc(Br)c1. The molecule has 6 heteroatoms. The van der Waals surface area contributed by atoms with Gasteiger partial charge in [0.05, 0.1) is 0 Å². The predicted octanol–water partition coefficient (Wildman–Crippen LogP) is 4.15. The Labute approximate surface area is 158 Å².